The Kier molecular flexibility index (Phi) is 6.15. The molecule has 2 aromatic carbocycles. The first kappa shape index (κ1) is 15.9. The maximum absolute atomic E-state index is 5.89. The molecule has 0 aromatic heterocycles. The van der Waals surface area contributed by atoms with Crippen molar-refractivity contribution in [1.29, 1.82) is 0 Å². The van der Waals surface area contributed by atoms with Crippen molar-refractivity contribution in [2.75, 3.05) is 19.4 Å². The van der Waals surface area contributed by atoms with Crippen LogP contribution in [0.15, 0.2) is 53.4 Å². The lowest BCUT2D eigenvalue weighted by atomic mass is 10.1. The molecule has 2 nitrogen and oxygen atoms in total. The van der Waals surface area contributed by atoms with Crippen molar-refractivity contribution in [3.8, 4) is 5.75 Å². The van der Waals surface area contributed by atoms with Crippen LogP contribution in [0, 0.1) is 6.92 Å². The monoisotopic (exact) mass is 301 g/mol. The number of thioether (sulfide) groups is 1. The van der Waals surface area contributed by atoms with Crippen LogP contribution in [0.3, 0.4) is 0 Å². The van der Waals surface area contributed by atoms with Crippen LogP contribution in [0.2, 0.25) is 0 Å². The number of hydrogen-bond acceptors (Lipinski definition) is 3. The largest absolute Gasteiger partial charge is 0.492 e. The molecule has 21 heavy (non-hydrogen) atoms. The molecule has 0 fully saturated rings. The van der Waals surface area contributed by atoms with E-state index in [4.69, 9.17) is 4.74 Å². The van der Waals surface area contributed by atoms with Crippen molar-refractivity contribution in [2.45, 2.75) is 24.8 Å². The molecule has 1 atom stereocenters. The van der Waals surface area contributed by atoms with Crippen molar-refractivity contribution < 1.29 is 4.74 Å². The van der Waals surface area contributed by atoms with Gasteiger partial charge in [-0.25, -0.2) is 0 Å². The summed E-state index contributed by atoms with van der Waals surface area (Å²) >= 11 is 1.82. The number of benzene rings is 2. The second kappa shape index (κ2) is 8.11. The normalized spacial score (nSPS) is 12.1. The third-order valence-corrected chi connectivity index (χ3v) is 4.46. The second-order valence-corrected chi connectivity index (χ2v) is 6.21. The van der Waals surface area contributed by atoms with Crippen LogP contribution in [-0.2, 0) is 0 Å². The smallest absolute Gasteiger partial charge is 0.122 e. The van der Waals surface area contributed by atoms with E-state index in [9.17, 15) is 0 Å². The maximum Gasteiger partial charge on any atom is 0.122 e. The maximum atomic E-state index is 5.89. The van der Waals surface area contributed by atoms with Gasteiger partial charge in [-0.3, -0.25) is 0 Å². The molecular formula is C18H23NOS. The molecule has 1 unspecified atom stereocenters. The van der Waals surface area contributed by atoms with Crippen LogP contribution in [-0.4, -0.2) is 19.4 Å². The molecule has 0 aliphatic heterocycles. The second-order valence-electron chi connectivity index (χ2n) is 5.05. The minimum atomic E-state index is 0.367. The van der Waals surface area contributed by atoms with Crippen molar-refractivity contribution >= 4 is 11.8 Å². The zero-order valence-corrected chi connectivity index (χ0v) is 13.7. The third-order valence-electron chi connectivity index (χ3n) is 3.48. The van der Waals surface area contributed by atoms with Crippen LogP contribution in [0.5, 0.6) is 5.75 Å². The standard InChI is InChI=1S/C18H23NOS/c1-14-13-16(15(2)19-3)9-10-18(14)20-11-12-21-17-7-5-4-6-8-17/h4-10,13,15,19H,11-12H2,1-3H3. The fourth-order valence-corrected chi connectivity index (χ4v) is 2.85. The first-order chi connectivity index (χ1) is 10.2. The van der Waals surface area contributed by atoms with Crippen LogP contribution in [0.1, 0.15) is 24.1 Å². The van der Waals surface area contributed by atoms with Crippen LogP contribution < -0.4 is 10.1 Å². The highest BCUT2D eigenvalue weighted by Gasteiger charge is 2.06. The average molecular weight is 301 g/mol. The lowest BCUT2D eigenvalue weighted by Gasteiger charge is -2.14. The summed E-state index contributed by atoms with van der Waals surface area (Å²) in [4.78, 5) is 1.29. The third kappa shape index (κ3) is 4.80. The molecule has 112 valence electrons. The Balaban J connectivity index is 1.83. The summed E-state index contributed by atoms with van der Waals surface area (Å²) in [6, 6.07) is 17.2. The Morgan fingerprint density at radius 2 is 1.90 bits per heavy atom. The fraction of sp³-hybridized carbons (Fsp3) is 0.333. The SMILES string of the molecule is CNC(C)c1ccc(OCCSc2ccccc2)c(C)c1. The molecule has 2 rings (SSSR count). The van der Waals surface area contributed by atoms with Gasteiger partial charge in [0.25, 0.3) is 0 Å². The van der Waals surface area contributed by atoms with Crippen molar-refractivity contribution in [2.24, 2.45) is 0 Å². The van der Waals surface area contributed by atoms with Gasteiger partial charge in [0, 0.05) is 16.7 Å². The number of hydrogen-bond donors (Lipinski definition) is 1. The molecule has 2 aromatic rings. The molecule has 0 aliphatic carbocycles. The average Bonchev–Trinajstić information content (AvgIpc) is 2.53. The predicted octanol–water partition coefficient (Wildman–Crippen LogP) is 4.45. The molecule has 0 amide bonds. The summed E-state index contributed by atoms with van der Waals surface area (Å²) in [7, 11) is 1.98. The van der Waals surface area contributed by atoms with E-state index in [1.165, 1.54) is 16.0 Å². The molecule has 0 aliphatic rings. The van der Waals surface area contributed by atoms with Gasteiger partial charge in [-0.15, -0.1) is 11.8 Å². The summed E-state index contributed by atoms with van der Waals surface area (Å²) in [6.45, 7) is 4.98. The Labute approximate surface area is 131 Å². The number of ether oxygens (including phenoxy) is 1. The van der Waals surface area contributed by atoms with Gasteiger partial charge in [0.1, 0.15) is 5.75 Å². The zero-order chi connectivity index (χ0) is 15.1. The van der Waals surface area contributed by atoms with Crippen LogP contribution in [0.4, 0.5) is 0 Å². The molecule has 0 heterocycles. The van der Waals surface area contributed by atoms with E-state index in [0.29, 0.717) is 6.04 Å². The summed E-state index contributed by atoms with van der Waals surface area (Å²) in [5.41, 5.74) is 2.49. The van der Waals surface area contributed by atoms with Gasteiger partial charge < -0.3 is 10.1 Å². The number of aryl methyl sites for hydroxylation is 1. The van der Waals surface area contributed by atoms with E-state index in [2.05, 4.69) is 61.6 Å². The van der Waals surface area contributed by atoms with Crippen molar-refractivity contribution in [1.82, 2.24) is 5.32 Å². The highest BCUT2D eigenvalue weighted by molar-refractivity contribution is 7.99. The van der Waals surface area contributed by atoms with Gasteiger partial charge in [-0.1, -0.05) is 30.3 Å². The Morgan fingerprint density at radius 3 is 2.57 bits per heavy atom. The first-order valence-electron chi connectivity index (χ1n) is 7.29. The Hall–Kier alpha value is -1.45. The fourth-order valence-electron chi connectivity index (χ4n) is 2.10. The first-order valence-corrected chi connectivity index (χ1v) is 8.27. The minimum Gasteiger partial charge on any atom is -0.492 e. The van der Waals surface area contributed by atoms with E-state index >= 15 is 0 Å². The predicted molar refractivity (Wildman–Crippen MR) is 91.3 cm³/mol. The summed E-state index contributed by atoms with van der Waals surface area (Å²) in [5.74, 6) is 1.94. The Morgan fingerprint density at radius 1 is 1.14 bits per heavy atom. The molecule has 0 bridgehead atoms. The molecular weight excluding hydrogens is 278 g/mol. The quantitative estimate of drug-likeness (QED) is 0.603. The van der Waals surface area contributed by atoms with E-state index in [-0.39, 0.29) is 0 Å². The van der Waals surface area contributed by atoms with E-state index in [1.807, 2.05) is 24.9 Å². The van der Waals surface area contributed by atoms with E-state index in [1.54, 1.807) is 0 Å². The van der Waals surface area contributed by atoms with Crippen LogP contribution in [0.25, 0.3) is 0 Å². The van der Waals surface area contributed by atoms with Gasteiger partial charge in [0.2, 0.25) is 0 Å². The van der Waals surface area contributed by atoms with Gasteiger partial charge in [0.15, 0.2) is 0 Å². The number of rotatable bonds is 7. The van der Waals surface area contributed by atoms with Crippen LogP contribution >= 0.6 is 11.8 Å². The summed E-state index contributed by atoms with van der Waals surface area (Å²) < 4.78 is 5.89. The van der Waals surface area contributed by atoms with Crippen molar-refractivity contribution in [3.05, 3.63) is 59.7 Å². The molecule has 1 N–H and O–H groups in total. The lowest BCUT2D eigenvalue weighted by Crippen LogP contribution is -2.12. The van der Waals surface area contributed by atoms with E-state index < -0.39 is 0 Å². The Bertz CT molecular complexity index is 556. The zero-order valence-electron chi connectivity index (χ0n) is 12.9. The van der Waals surface area contributed by atoms with E-state index in [0.717, 1.165) is 18.1 Å². The molecule has 0 radical (unpaired) electrons. The van der Waals surface area contributed by atoms with Crippen molar-refractivity contribution in [3.63, 3.8) is 0 Å². The molecule has 0 saturated carbocycles. The van der Waals surface area contributed by atoms with Gasteiger partial charge in [-0.2, -0.15) is 0 Å². The highest BCUT2D eigenvalue weighted by Crippen LogP contribution is 2.23. The molecule has 3 heteroatoms. The summed E-state index contributed by atoms with van der Waals surface area (Å²) in [6.07, 6.45) is 0. The van der Waals surface area contributed by atoms with Gasteiger partial charge in [-0.05, 0) is 50.2 Å². The lowest BCUT2D eigenvalue weighted by molar-refractivity contribution is 0.341. The topological polar surface area (TPSA) is 21.3 Å². The van der Waals surface area contributed by atoms with Gasteiger partial charge >= 0.3 is 0 Å². The van der Waals surface area contributed by atoms with Gasteiger partial charge in [0.05, 0.1) is 6.61 Å². The highest BCUT2D eigenvalue weighted by atomic mass is 32.2. The molecule has 0 spiro atoms. The molecule has 0 saturated heterocycles. The minimum absolute atomic E-state index is 0.367. The summed E-state index contributed by atoms with van der Waals surface area (Å²) in [5, 5.41) is 3.25. The number of nitrogens with one attached hydrogen (secondary N) is 1.